The second-order valence-electron chi connectivity index (χ2n) is 5.28. The largest absolute Gasteiger partial charge is 0.439 e. The van der Waals surface area contributed by atoms with Crippen molar-refractivity contribution in [3.8, 4) is 11.3 Å². The van der Waals surface area contributed by atoms with Crippen LogP contribution in [0.15, 0.2) is 59.1 Å². The van der Waals surface area contributed by atoms with Gasteiger partial charge in [-0.2, -0.15) is 0 Å². The molecule has 1 aromatic heterocycles. The van der Waals surface area contributed by atoms with Gasteiger partial charge >= 0.3 is 0 Å². The molecule has 0 saturated heterocycles. The third-order valence-electron chi connectivity index (χ3n) is 3.61. The number of hydrogen-bond acceptors (Lipinski definition) is 3. The Bertz CT molecular complexity index is 766. The maximum absolute atomic E-state index is 5.91. The van der Waals surface area contributed by atoms with E-state index in [1.807, 2.05) is 48.5 Å². The molecule has 0 unspecified atom stereocenters. The molecule has 3 nitrogen and oxygen atoms in total. The molecule has 0 bridgehead atoms. The predicted octanol–water partition coefficient (Wildman–Crippen LogP) is 5.50. The topological polar surface area (TPSA) is 38.1 Å². The molecule has 0 radical (unpaired) electrons. The molecule has 1 atom stereocenters. The summed E-state index contributed by atoms with van der Waals surface area (Å²) in [6, 6.07) is 15.5. The zero-order chi connectivity index (χ0) is 16.2. The average Bonchev–Trinajstić information content (AvgIpc) is 3.03. The Morgan fingerprint density at radius 1 is 1.00 bits per heavy atom. The van der Waals surface area contributed by atoms with Gasteiger partial charge in [0.15, 0.2) is 5.76 Å². The lowest BCUT2D eigenvalue weighted by molar-refractivity contribution is 0.454. The minimum Gasteiger partial charge on any atom is -0.439 e. The maximum atomic E-state index is 5.91. The molecule has 2 aromatic carbocycles. The minimum atomic E-state index is 0.179. The van der Waals surface area contributed by atoms with Gasteiger partial charge in [-0.25, -0.2) is 4.98 Å². The number of rotatable bonds is 5. The Morgan fingerprint density at radius 2 is 1.61 bits per heavy atom. The first-order chi connectivity index (χ1) is 11.1. The lowest BCUT2D eigenvalue weighted by atomic mass is 10.1. The average molecular weight is 347 g/mol. The highest BCUT2D eigenvalue weighted by molar-refractivity contribution is 6.30. The highest BCUT2D eigenvalue weighted by Gasteiger charge is 2.09. The highest BCUT2D eigenvalue weighted by atomic mass is 35.5. The van der Waals surface area contributed by atoms with E-state index in [4.69, 9.17) is 27.6 Å². The Morgan fingerprint density at radius 3 is 2.26 bits per heavy atom. The van der Waals surface area contributed by atoms with E-state index in [2.05, 4.69) is 17.2 Å². The molecule has 3 aromatic rings. The van der Waals surface area contributed by atoms with E-state index >= 15 is 0 Å². The summed E-state index contributed by atoms with van der Waals surface area (Å²) < 4.78 is 5.78. The molecule has 0 saturated carbocycles. The summed E-state index contributed by atoms with van der Waals surface area (Å²) in [6.07, 6.45) is 1.73. The molecule has 23 heavy (non-hydrogen) atoms. The van der Waals surface area contributed by atoms with Crippen LogP contribution in [-0.4, -0.2) is 4.98 Å². The SMILES string of the molecule is C[C@H](NCc1ncc(-c2ccc(Cl)cc2)o1)c1ccc(Cl)cc1. The third-order valence-corrected chi connectivity index (χ3v) is 4.12. The van der Waals surface area contributed by atoms with E-state index in [1.165, 1.54) is 5.56 Å². The second kappa shape index (κ2) is 7.18. The second-order valence-corrected chi connectivity index (χ2v) is 6.15. The Labute approximate surface area is 145 Å². The van der Waals surface area contributed by atoms with Crippen LogP contribution in [0.3, 0.4) is 0 Å². The van der Waals surface area contributed by atoms with Gasteiger partial charge in [-0.3, -0.25) is 0 Å². The van der Waals surface area contributed by atoms with Gasteiger partial charge < -0.3 is 9.73 Å². The molecule has 5 heteroatoms. The summed E-state index contributed by atoms with van der Waals surface area (Å²) in [5, 5.41) is 4.83. The Kier molecular flexibility index (Phi) is 5.01. The van der Waals surface area contributed by atoms with Crippen molar-refractivity contribution in [2.45, 2.75) is 19.5 Å². The zero-order valence-corrected chi connectivity index (χ0v) is 14.1. The van der Waals surface area contributed by atoms with Crippen molar-refractivity contribution in [3.05, 3.63) is 76.2 Å². The summed E-state index contributed by atoms with van der Waals surface area (Å²) in [4.78, 5) is 4.31. The normalized spacial score (nSPS) is 12.3. The molecule has 0 aliphatic rings. The molecule has 0 amide bonds. The monoisotopic (exact) mass is 346 g/mol. The molecule has 1 heterocycles. The van der Waals surface area contributed by atoms with E-state index < -0.39 is 0 Å². The van der Waals surface area contributed by atoms with E-state index in [0.29, 0.717) is 17.5 Å². The predicted molar refractivity (Wildman–Crippen MR) is 93.7 cm³/mol. The lowest BCUT2D eigenvalue weighted by Crippen LogP contribution is -2.18. The molecule has 0 aliphatic carbocycles. The fraction of sp³-hybridized carbons (Fsp3) is 0.167. The van der Waals surface area contributed by atoms with Crippen LogP contribution < -0.4 is 5.32 Å². The van der Waals surface area contributed by atoms with Gasteiger partial charge in [0, 0.05) is 21.7 Å². The van der Waals surface area contributed by atoms with Gasteiger partial charge in [0.05, 0.1) is 12.7 Å². The first kappa shape index (κ1) is 16.1. The van der Waals surface area contributed by atoms with Crippen molar-refractivity contribution in [1.82, 2.24) is 10.3 Å². The minimum absolute atomic E-state index is 0.179. The van der Waals surface area contributed by atoms with Gasteiger partial charge in [-0.15, -0.1) is 0 Å². The lowest BCUT2D eigenvalue weighted by Gasteiger charge is -2.12. The van der Waals surface area contributed by atoms with Gasteiger partial charge in [0.2, 0.25) is 5.89 Å². The van der Waals surface area contributed by atoms with Crippen molar-refractivity contribution in [3.63, 3.8) is 0 Å². The zero-order valence-electron chi connectivity index (χ0n) is 12.6. The molecule has 118 valence electrons. The quantitative estimate of drug-likeness (QED) is 0.662. The van der Waals surface area contributed by atoms with Crippen LogP contribution in [0.1, 0.15) is 24.4 Å². The summed E-state index contributed by atoms with van der Waals surface area (Å²) >= 11 is 11.8. The number of hydrogen-bond donors (Lipinski definition) is 1. The van der Waals surface area contributed by atoms with Gasteiger partial charge in [0.1, 0.15) is 0 Å². The summed E-state index contributed by atoms with van der Waals surface area (Å²) in [5.41, 5.74) is 2.12. The van der Waals surface area contributed by atoms with Crippen molar-refractivity contribution < 1.29 is 4.42 Å². The van der Waals surface area contributed by atoms with Gasteiger partial charge in [0.25, 0.3) is 0 Å². The number of benzene rings is 2. The van der Waals surface area contributed by atoms with Crippen LogP contribution in [0.5, 0.6) is 0 Å². The molecule has 0 spiro atoms. The van der Waals surface area contributed by atoms with E-state index in [9.17, 15) is 0 Å². The van der Waals surface area contributed by atoms with Crippen LogP contribution in [0.2, 0.25) is 10.0 Å². The summed E-state index contributed by atoms with van der Waals surface area (Å²) in [5.74, 6) is 1.38. The highest BCUT2D eigenvalue weighted by Crippen LogP contribution is 2.23. The molecule has 1 N–H and O–H groups in total. The molecule has 0 fully saturated rings. The standard InChI is InChI=1S/C18H16Cl2N2O/c1-12(13-2-6-15(19)7-3-13)21-11-18-22-10-17(23-18)14-4-8-16(20)9-5-14/h2-10,12,21H,11H2,1H3/t12-/m0/s1. The third kappa shape index (κ3) is 4.14. The van der Waals surface area contributed by atoms with Gasteiger partial charge in [-0.05, 0) is 48.9 Å². The smallest absolute Gasteiger partial charge is 0.208 e. The first-order valence-corrected chi connectivity index (χ1v) is 8.07. The number of nitrogens with one attached hydrogen (secondary N) is 1. The first-order valence-electron chi connectivity index (χ1n) is 7.31. The molecule has 0 aliphatic heterocycles. The van der Waals surface area contributed by atoms with E-state index in [0.717, 1.165) is 16.3 Å². The van der Waals surface area contributed by atoms with Crippen LogP contribution in [0.25, 0.3) is 11.3 Å². The van der Waals surface area contributed by atoms with E-state index in [1.54, 1.807) is 6.20 Å². The summed E-state index contributed by atoms with van der Waals surface area (Å²) in [7, 11) is 0. The number of nitrogens with zero attached hydrogens (tertiary/aromatic N) is 1. The fourth-order valence-corrected chi connectivity index (χ4v) is 2.50. The van der Waals surface area contributed by atoms with Crippen LogP contribution in [-0.2, 0) is 6.54 Å². The molecular formula is C18H16Cl2N2O. The van der Waals surface area contributed by atoms with Crippen molar-refractivity contribution >= 4 is 23.2 Å². The Hall–Kier alpha value is -1.81. The number of halogens is 2. The van der Waals surface area contributed by atoms with Gasteiger partial charge in [-0.1, -0.05) is 35.3 Å². The van der Waals surface area contributed by atoms with Crippen molar-refractivity contribution in [1.29, 1.82) is 0 Å². The molecule has 3 rings (SSSR count). The summed E-state index contributed by atoms with van der Waals surface area (Å²) in [6.45, 7) is 2.64. The molecular weight excluding hydrogens is 331 g/mol. The number of aromatic nitrogens is 1. The van der Waals surface area contributed by atoms with Crippen molar-refractivity contribution in [2.75, 3.05) is 0 Å². The van der Waals surface area contributed by atoms with Crippen LogP contribution in [0.4, 0.5) is 0 Å². The fourth-order valence-electron chi connectivity index (χ4n) is 2.25. The van der Waals surface area contributed by atoms with Crippen LogP contribution >= 0.6 is 23.2 Å². The number of oxazole rings is 1. The van der Waals surface area contributed by atoms with Crippen LogP contribution in [0, 0.1) is 0 Å². The van der Waals surface area contributed by atoms with E-state index in [-0.39, 0.29) is 6.04 Å². The maximum Gasteiger partial charge on any atom is 0.208 e. The Balaban J connectivity index is 1.63. The van der Waals surface area contributed by atoms with Crippen molar-refractivity contribution in [2.24, 2.45) is 0 Å².